The Morgan fingerprint density at radius 1 is 1.33 bits per heavy atom. The van der Waals surface area contributed by atoms with E-state index in [0.29, 0.717) is 0 Å². The number of aromatic amines is 1. The fraction of sp³-hybridized carbons (Fsp3) is 0.0909. The van der Waals surface area contributed by atoms with Crippen LogP contribution in [0, 0.1) is 6.92 Å². The smallest absolute Gasteiger partial charge is 0.175 e. The van der Waals surface area contributed by atoms with Crippen LogP contribution in [0.1, 0.15) is 5.56 Å². The topological polar surface area (TPSA) is 54.7 Å². The van der Waals surface area contributed by atoms with Crippen LogP contribution in [0.5, 0.6) is 0 Å². The van der Waals surface area contributed by atoms with Crippen molar-refractivity contribution in [2.24, 2.45) is 0 Å². The average molecular weight is 199 g/mol. The Labute approximate surface area is 86.0 Å². The second-order valence-electron chi connectivity index (χ2n) is 3.39. The van der Waals surface area contributed by atoms with Gasteiger partial charge in [0.15, 0.2) is 17.2 Å². The summed E-state index contributed by atoms with van der Waals surface area (Å²) in [6.45, 7) is 2.01. The fourth-order valence-corrected chi connectivity index (χ4v) is 1.56. The molecule has 0 unspecified atom stereocenters. The van der Waals surface area contributed by atoms with Gasteiger partial charge in [-0.1, -0.05) is 0 Å². The van der Waals surface area contributed by atoms with E-state index in [-0.39, 0.29) is 0 Å². The summed E-state index contributed by atoms with van der Waals surface area (Å²) in [6.07, 6.45) is 3.39. The molecule has 0 spiro atoms. The Hall–Kier alpha value is -2.10. The van der Waals surface area contributed by atoms with Crippen LogP contribution in [0.3, 0.4) is 0 Å². The Morgan fingerprint density at radius 2 is 2.27 bits per heavy atom. The van der Waals surface area contributed by atoms with Gasteiger partial charge in [-0.05, 0) is 30.7 Å². The Bertz CT molecular complexity index is 595. The van der Waals surface area contributed by atoms with E-state index in [4.69, 9.17) is 4.42 Å². The molecule has 15 heavy (non-hydrogen) atoms. The van der Waals surface area contributed by atoms with Gasteiger partial charge in [-0.2, -0.15) is 0 Å². The van der Waals surface area contributed by atoms with E-state index in [2.05, 4.69) is 15.0 Å². The molecule has 0 amide bonds. The average Bonchev–Trinajstić information content (AvgIpc) is 2.86. The van der Waals surface area contributed by atoms with Crippen molar-refractivity contribution >= 4 is 11.2 Å². The molecule has 4 nitrogen and oxygen atoms in total. The van der Waals surface area contributed by atoms with Gasteiger partial charge >= 0.3 is 0 Å². The third kappa shape index (κ3) is 1.22. The highest BCUT2D eigenvalue weighted by molar-refractivity contribution is 5.77. The first-order valence-corrected chi connectivity index (χ1v) is 4.70. The van der Waals surface area contributed by atoms with Gasteiger partial charge in [0.05, 0.1) is 6.26 Å². The van der Waals surface area contributed by atoms with Crippen molar-refractivity contribution < 1.29 is 4.42 Å². The van der Waals surface area contributed by atoms with Crippen molar-refractivity contribution in [3.05, 3.63) is 36.2 Å². The molecule has 0 saturated heterocycles. The van der Waals surface area contributed by atoms with Crippen molar-refractivity contribution in [1.29, 1.82) is 0 Å². The molecule has 0 fully saturated rings. The largest absolute Gasteiger partial charge is 0.461 e. The summed E-state index contributed by atoms with van der Waals surface area (Å²) in [5.74, 6) is 1.45. The molecule has 0 aliphatic heterocycles. The Kier molecular flexibility index (Phi) is 1.62. The summed E-state index contributed by atoms with van der Waals surface area (Å²) < 4.78 is 5.27. The first kappa shape index (κ1) is 8.23. The maximum atomic E-state index is 5.27. The number of hydrogen-bond donors (Lipinski definition) is 1. The van der Waals surface area contributed by atoms with Gasteiger partial charge in [0.1, 0.15) is 5.52 Å². The zero-order chi connectivity index (χ0) is 10.3. The minimum Gasteiger partial charge on any atom is -0.461 e. The van der Waals surface area contributed by atoms with Crippen molar-refractivity contribution in [3.63, 3.8) is 0 Å². The van der Waals surface area contributed by atoms with E-state index in [9.17, 15) is 0 Å². The summed E-state index contributed by atoms with van der Waals surface area (Å²) in [4.78, 5) is 11.8. The molecule has 0 aliphatic carbocycles. The predicted octanol–water partition coefficient (Wildman–Crippen LogP) is 2.53. The van der Waals surface area contributed by atoms with Gasteiger partial charge in [0.25, 0.3) is 0 Å². The van der Waals surface area contributed by atoms with E-state index < -0.39 is 0 Å². The standard InChI is InChI=1S/C11H9N3O/c1-7-4-5-12-11-9(7)13-10(14-11)8-3-2-6-15-8/h2-6H,1H3,(H,12,13,14). The molecule has 3 rings (SSSR count). The number of aromatic nitrogens is 3. The Morgan fingerprint density at radius 3 is 3.00 bits per heavy atom. The third-order valence-electron chi connectivity index (χ3n) is 2.34. The van der Waals surface area contributed by atoms with Gasteiger partial charge in [0, 0.05) is 6.20 Å². The van der Waals surface area contributed by atoms with Gasteiger partial charge in [-0.3, -0.25) is 0 Å². The van der Waals surface area contributed by atoms with Crippen LogP contribution < -0.4 is 0 Å². The lowest BCUT2D eigenvalue weighted by Gasteiger charge is -1.89. The van der Waals surface area contributed by atoms with E-state index in [1.807, 2.05) is 25.1 Å². The lowest BCUT2D eigenvalue weighted by atomic mass is 10.3. The second-order valence-corrected chi connectivity index (χ2v) is 3.39. The van der Waals surface area contributed by atoms with Gasteiger partial charge in [-0.25, -0.2) is 9.97 Å². The number of imidazole rings is 1. The van der Waals surface area contributed by atoms with Crippen molar-refractivity contribution in [1.82, 2.24) is 15.0 Å². The summed E-state index contributed by atoms with van der Waals surface area (Å²) in [6, 6.07) is 5.64. The van der Waals surface area contributed by atoms with Crippen LogP contribution in [0.15, 0.2) is 35.1 Å². The molecule has 0 aromatic carbocycles. The molecule has 0 atom stereocenters. The SMILES string of the molecule is Cc1ccnc2[nH]c(-c3ccco3)nc12. The first-order chi connectivity index (χ1) is 7.34. The second kappa shape index (κ2) is 2.95. The minimum absolute atomic E-state index is 0.719. The zero-order valence-electron chi connectivity index (χ0n) is 8.19. The van der Waals surface area contributed by atoms with E-state index in [1.54, 1.807) is 12.5 Å². The number of pyridine rings is 1. The molecule has 3 aromatic heterocycles. The number of aryl methyl sites for hydroxylation is 1. The highest BCUT2D eigenvalue weighted by Gasteiger charge is 2.09. The lowest BCUT2D eigenvalue weighted by molar-refractivity contribution is 0.578. The van der Waals surface area contributed by atoms with E-state index in [1.165, 1.54) is 0 Å². The molecule has 3 aromatic rings. The van der Waals surface area contributed by atoms with E-state index in [0.717, 1.165) is 28.3 Å². The van der Waals surface area contributed by atoms with Crippen LogP contribution in [0.4, 0.5) is 0 Å². The van der Waals surface area contributed by atoms with Gasteiger partial charge in [0.2, 0.25) is 0 Å². The highest BCUT2D eigenvalue weighted by Crippen LogP contribution is 2.20. The number of H-pyrrole nitrogens is 1. The van der Waals surface area contributed by atoms with Gasteiger partial charge < -0.3 is 9.40 Å². The first-order valence-electron chi connectivity index (χ1n) is 4.70. The predicted molar refractivity (Wildman–Crippen MR) is 56.3 cm³/mol. The molecule has 0 aliphatic rings. The maximum Gasteiger partial charge on any atom is 0.175 e. The van der Waals surface area contributed by atoms with Crippen LogP contribution >= 0.6 is 0 Å². The van der Waals surface area contributed by atoms with Crippen LogP contribution in [-0.4, -0.2) is 15.0 Å². The molecule has 74 valence electrons. The number of furan rings is 1. The lowest BCUT2D eigenvalue weighted by Crippen LogP contribution is -1.78. The summed E-state index contributed by atoms with van der Waals surface area (Å²) in [5.41, 5.74) is 2.79. The van der Waals surface area contributed by atoms with Crippen LogP contribution in [0.2, 0.25) is 0 Å². The summed E-state index contributed by atoms with van der Waals surface area (Å²) in [5, 5.41) is 0. The number of rotatable bonds is 1. The van der Waals surface area contributed by atoms with Gasteiger partial charge in [-0.15, -0.1) is 0 Å². The molecule has 4 heteroatoms. The molecule has 0 bridgehead atoms. The number of fused-ring (bicyclic) bond motifs is 1. The van der Waals surface area contributed by atoms with E-state index >= 15 is 0 Å². The number of hydrogen-bond acceptors (Lipinski definition) is 3. The van der Waals surface area contributed by atoms with Crippen LogP contribution in [-0.2, 0) is 0 Å². The molecular weight excluding hydrogens is 190 g/mol. The van der Waals surface area contributed by atoms with Crippen LogP contribution in [0.25, 0.3) is 22.7 Å². The monoisotopic (exact) mass is 199 g/mol. The zero-order valence-corrected chi connectivity index (χ0v) is 8.19. The molecule has 3 heterocycles. The summed E-state index contributed by atoms with van der Waals surface area (Å²) >= 11 is 0. The maximum absolute atomic E-state index is 5.27. The third-order valence-corrected chi connectivity index (χ3v) is 2.34. The number of nitrogens with zero attached hydrogens (tertiary/aromatic N) is 2. The molecule has 1 N–H and O–H groups in total. The minimum atomic E-state index is 0.719. The fourth-order valence-electron chi connectivity index (χ4n) is 1.56. The quantitative estimate of drug-likeness (QED) is 0.655. The highest BCUT2D eigenvalue weighted by atomic mass is 16.3. The molecule has 0 saturated carbocycles. The molecule has 0 radical (unpaired) electrons. The normalized spacial score (nSPS) is 11.0. The van der Waals surface area contributed by atoms with Crippen molar-refractivity contribution in [3.8, 4) is 11.6 Å². The Balaban J connectivity index is 2.27. The van der Waals surface area contributed by atoms with Crippen molar-refractivity contribution in [2.75, 3.05) is 0 Å². The van der Waals surface area contributed by atoms with Crippen molar-refractivity contribution in [2.45, 2.75) is 6.92 Å². The molecular formula is C11H9N3O. The number of nitrogens with one attached hydrogen (secondary N) is 1. The summed E-state index contributed by atoms with van der Waals surface area (Å²) in [7, 11) is 0.